The van der Waals surface area contributed by atoms with Crippen molar-refractivity contribution in [3.8, 4) is 11.4 Å². The Hall–Kier alpha value is -4.35. The molecule has 0 atom stereocenters. The van der Waals surface area contributed by atoms with E-state index in [4.69, 9.17) is 5.11 Å². The van der Waals surface area contributed by atoms with Gasteiger partial charge < -0.3 is 14.4 Å². The first-order chi connectivity index (χ1) is 16.0. The van der Waals surface area contributed by atoms with Crippen LogP contribution in [-0.4, -0.2) is 29.9 Å². The molecule has 0 radical (unpaired) electrons. The summed E-state index contributed by atoms with van der Waals surface area (Å²) in [7, 11) is 1.78. The van der Waals surface area contributed by atoms with Gasteiger partial charge in [-0.15, -0.1) is 0 Å². The van der Waals surface area contributed by atoms with Gasteiger partial charge in [-0.3, -0.25) is 13.9 Å². The van der Waals surface area contributed by atoms with Gasteiger partial charge >= 0.3 is 18.0 Å². The second-order valence-corrected chi connectivity index (χ2v) is 7.52. The molecule has 0 bridgehead atoms. The van der Waals surface area contributed by atoms with Crippen molar-refractivity contribution < 1.29 is 27.8 Å². The number of nitrogens with zero attached hydrogens (tertiary/aromatic N) is 4. The van der Waals surface area contributed by atoms with Crippen LogP contribution in [0.5, 0.6) is 5.75 Å². The third-order valence-electron chi connectivity index (χ3n) is 5.40. The summed E-state index contributed by atoms with van der Waals surface area (Å²) in [6, 6.07) is 8.19. The molecule has 0 aliphatic carbocycles. The molecule has 0 unspecified atom stereocenters. The molecule has 9 nitrogen and oxygen atoms in total. The highest BCUT2D eigenvalue weighted by atomic mass is 19.4. The standard InChI is InChI=1S/C22H17F3N4O5/c1-12-13(4-3-5-15(12)22(23,24)25)9-29-19(30)18(34-21(32)33)10-28(20(29)31)14-6-7-17-16(8-14)26-11-27(17)2/h3-8,10-11H,9H2,1-2H3,(H,32,33). The normalized spacial score (nSPS) is 11.7. The Balaban J connectivity index is 1.91. The van der Waals surface area contributed by atoms with Crippen LogP contribution in [-0.2, 0) is 19.8 Å². The molecule has 34 heavy (non-hydrogen) atoms. The van der Waals surface area contributed by atoms with Gasteiger partial charge in [0, 0.05) is 7.05 Å². The molecule has 0 aliphatic rings. The van der Waals surface area contributed by atoms with E-state index < -0.39 is 41.4 Å². The number of hydrogen-bond donors (Lipinski definition) is 1. The number of carboxylic acid groups (broad SMARTS) is 1. The maximum Gasteiger partial charge on any atom is 0.511 e. The van der Waals surface area contributed by atoms with Crippen LogP contribution in [0.2, 0.25) is 0 Å². The first kappa shape index (κ1) is 22.8. The zero-order valence-corrected chi connectivity index (χ0v) is 17.8. The molecule has 2 aromatic heterocycles. The summed E-state index contributed by atoms with van der Waals surface area (Å²) in [5.74, 6) is -0.683. The van der Waals surface area contributed by atoms with E-state index in [1.807, 2.05) is 0 Å². The highest BCUT2D eigenvalue weighted by molar-refractivity contribution is 5.77. The largest absolute Gasteiger partial charge is 0.511 e. The maximum absolute atomic E-state index is 13.3. The van der Waals surface area contributed by atoms with Crippen LogP contribution in [0.1, 0.15) is 16.7 Å². The van der Waals surface area contributed by atoms with Crippen LogP contribution < -0.4 is 16.0 Å². The second-order valence-electron chi connectivity index (χ2n) is 7.52. The minimum atomic E-state index is -4.63. The number of aromatic nitrogens is 4. The van der Waals surface area contributed by atoms with Crippen LogP contribution in [0.4, 0.5) is 18.0 Å². The Morgan fingerprint density at radius 2 is 1.91 bits per heavy atom. The highest BCUT2D eigenvalue weighted by Gasteiger charge is 2.33. The summed E-state index contributed by atoms with van der Waals surface area (Å²) in [5, 5.41) is 9.02. The minimum Gasteiger partial charge on any atom is -0.449 e. The first-order valence-electron chi connectivity index (χ1n) is 9.82. The van der Waals surface area contributed by atoms with Crippen LogP contribution >= 0.6 is 0 Å². The average Bonchev–Trinajstić information content (AvgIpc) is 3.13. The molecule has 0 saturated heterocycles. The van der Waals surface area contributed by atoms with Gasteiger partial charge in [0.2, 0.25) is 5.75 Å². The van der Waals surface area contributed by atoms with Gasteiger partial charge in [0.1, 0.15) is 0 Å². The monoisotopic (exact) mass is 474 g/mol. The van der Waals surface area contributed by atoms with Crippen molar-refractivity contribution in [1.29, 1.82) is 0 Å². The molecule has 2 aromatic carbocycles. The van der Waals surface area contributed by atoms with Gasteiger partial charge in [-0.1, -0.05) is 12.1 Å². The number of imidazole rings is 1. The lowest BCUT2D eigenvalue weighted by atomic mass is 10.0. The number of benzene rings is 2. The van der Waals surface area contributed by atoms with Crippen molar-refractivity contribution in [2.75, 3.05) is 0 Å². The fourth-order valence-electron chi connectivity index (χ4n) is 3.67. The Morgan fingerprint density at radius 1 is 1.18 bits per heavy atom. The molecule has 0 saturated carbocycles. The molecule has 0 spiro atoms. The minimum absolute atomic E-state index is 0.0632. The van der Waals surface area contributed by atoms with E-state index in [9.17, 15) is 27.6 Å². The topological polar surface area (TPSA) is 108 Å². The third kappa shape index (κ3) is 4.05. The number of hydrogen-bond acceptors (Lipinski definition) is 5. The summed E-state index contributed by atoms with van der Waals surface area (Å²) < 4.78 is 47.9. The fraction of sp³-hybridized carbons (Fsp3) is 0.182. The van der Waals surface area contributed by atoms with Gasteiger partial charge in [0.05, 0.1) is 41.4 Å². The SMILES string of the molecule is Cc1c(Cn2c(=O)c(OC(=O)O)cn(-c3ccc4c(c3)ncn4C)c2=O)cccc1C(F)(F)F. The molecule has 12 heteroatoms. The highest BCUT2D eigenvalue weighted by Crippen LogP contribution is 2.33. The van der Waals surface area contributed by atoms with Gasteiger partial charge in [-0.2, -0.15) is 13.2 Å². The third-order valence-corrected chi connectivity index (χ3v) is 5.40. The van der Waals surface area contributed by atoms with E-state index in [1.165, 1.54) is 19.1 Å². The Bertz CT molecular complexity index is 1550. The molecular formula is C22H17F3N4O5. The molecule has 0 fully saturated rings. The summed E-state index contributed by atoms with van der Waals surface area (Å²) >= 11 is 0. The summed E-state index contributed by atoms with van der Waals surface area (Å²) in [6.45, 7) is 0.699. The van der Waals surface area contributed by atoms with Gasteiger partial charge in [-0.25, -0.2) is 14.6 Å². The zero-order chi connectivity index (χ0) is 24.8. The lowest BCUT2D eigenvalue weighted by Crippen LogP contribution is -2.40. The molecule has 1 N–H and O–H groups in total. The average molecular weight is 474 g/mol. The smallest absolute Gasteiger partial charge is 0.449 e. The molecule has 176 valence electrons. The molecule has 0 amide bonds. The number of carbonyl (C=O) groups is 1. The van der Waals surface area contributed by atoms with Crippen molar-refractivity contribution >= 4 is 17.2 Å². The molecule has 2 heterocycles. The lowest BCUT2D eigenvalue weighted by Gasteiger charge is -2.16. The Morgan fingerprint density at radius 3 is 2.59 bits per heavy atom. The number of aryl methyl sites for hydroxylation is 1. The number of halogens is 3. The quantitative estimate of drug-likeness (QED) is 0.455. The van der Waals surface area contributed by atoms with E-state index >= 15 is 0 Å². The van der Waals surface area contributed by atoms with Gasteiger partial charge in [0.15, 0.2) is 0 Å². The Kier molecular flexibility index (Phi) is 5.51. The maximum atomic E-state index is 13.3. The van der Waals surface area contributed by atoms with Crippen molar-refractivity contribution in [2.24, 2.45) is 7.05 Å². The van der Waals surface area contributed by atoms with E-state index in [-0.39, 0.29) is 16.8 Å². The Labute approximate surface area is 188 Å². The van der Waals surface area contributed by atoms with Gasteiger partial charge in [0.25, 0.3) is 5.56 Å². The molecule has 4 rings (SSSR count). The van der Waals surface area contributed by atoms with Crippen molar-refractivity contribution in [2.45, 2.75) is 19.6 Å². The summed E-state index contributed by atoms with van der Waals surface area (Å²) in [4.78, 5) is 41.4. The predicted octanol–water partition coefficient (Wildman–Crippen LogP) is 3.32. The van der Waals surface area contributed by atoms with Crippen molar-refractivity contribution in [1.82, 2.24) is 18.7 Å². The number of rotatable bonds is 4. The van der Waals surface area contributed by atoms with Crippen molar-refractivity contribution in [3.05, 3.63) is 86.5 Å². The number of ether oxygens (including phenoxy) is 1. The molecule has 0 aliphatic heterocycles. The van der Waals surface area contributed by atoms with E-state index in [0.717, 1.165) is 22.3 Å². The molecule has 4 aromatic rings. The van der Waals surface area contributed by atoms with Gasteiger partial charge in [-0.05, 0) is 42.3 Å². The van der Waals surface area contributed by atoms with Crippen LogP contribution in [0.15, 0.2) is 58.5 Å². The molecular weight excluding hydrogens is 457 g/mol. The van der Waals surface area contributed by atoms with E-state index in [2.05, 4.69) is 9.72 Å². The summed E-state index contributed by atoms with van der Waals surface area (Å²) in [6.07, 6.45) is -3.92. The second kappa shape index (κ2) is 8.21. The predicted molar refractivity (Wildman–Crippen MR) is 115 cm³/mol. The fourth-order valence-corrected chi connectivity index (χ4v) is 3.67. The van der Waals surface area contributed by atoms with Crippen LogP contribution in [0, 0.1) is 6.92 Å². The van der Waals surface area contributed by atoms with E-state index in [1.54, 1.807) is 36.1 Å². The zero-order valence-electron chi connectivity index (χ0n) is 17.8. The lowest BCUT2D eigenvalue weighted by molar-refractivity contribution is -0.138. The first-order valence-corrected chi connectivity index (χ1v) is 9.82. The number of fused-ring (bicyclic) bond motifs is 1. The van der Waals surface area contributed by atoms with E-state index in [0.29, 0.717) is 10.1 Å². The summed E-state index contributed by atoms with van der Waals surface area (Å²) in [5.41, 5.74) is -1.46. The number of alkyl halides is 3. The van der Waals surface area contributed by atoms with Crippen LogP contribution in [0.25, 0.3) is 16.7 Å². The van der Waals surface area contributed by atoms with Crippen molar-refractivity contribution in [3.63, 3.8) is 0 Å². The van der Waals surface area contributed by atoms with Crippen LogP contribution in [0.3, 0.4) is 0 Å².